The van der Waals surface area contributed by atoms with Gasteiger partial charge in [0.1, 0.15) is 0 Å². The molecule has 0 heterocycles. The molecule has 0 unspecified atom stereocenters. The van der Waals surface area contributed by atoms with E-state index >= 15 is 0 Å². The Morgan fingerprint density at radius 3 is 2.38 bits per heavy atom. The molecule has 0 aliphatic carbocycles. The number of rotatable bonds is 9. The monoisotopic (exact) mass is 457 g/mol. The number of benzene rings is 3. The summed E-state index contributed by atoms with van der Waals surface area (Å²) in [5.74, 6) is -2.23. The summed E-state index contributed by atoms with van der Waals surface area (Å²) in [6.07, 6.45) is 0. The van der Waals surface area contributed by atoms with Gasteiger partial charge in [-0.2, -0.15) is 0 Å². The van der Waals surface area contributed by atoms with Crippen LogP contribution in [0.3, 0.4) is 0 Å². The van der Waals surface area contributed by atoms with Gasteiger partial charge in [0.05, 0.1) is 17.6 Å². The Morgan fingerprint density at radius 1 is 0.938 bits per heavy atom. The Hall–Kier alpha value is -3.56. The Labute approximate surface area is 184 Å². The minimum atomic E-state index is -3.88. The summed E-state index contributed by atoms with van der Waals surface area (Å²) < 4.78 is 51.1. The fourth-order valence-electron chi connectivity index (χ4n) is 2.79. The summed E-state index contributed by atoms with van der Waals surface area (Å²) in [5, 5.41) is 0. The van der Waals surface area contributed by atoms with Crippen LogP contribution in [0.15, 0.2) is 77.7 Å². The fourth-order valence-corrected chi connectivity index (χ4v) is 3.85. The van der Waals surface area contributed by atoms with E-state index in [-0.39, 0.29) is 28.3 Å². The zero-order chi connectivity index (χ0) is 23.1. The first-order valence-electron chi connectivity index (χ1n) is 9.47. The quantitative estimate of drug-likeness (QED) is 0.391. The van der Waals surface area contributed by atoms with Gasteiger partial charge in [-0.25, -0.2) is 22.3 Å². The lowest BCUT2D eigenvalue weighted by atomic mass is 10.1. The van der Waals surface area contributed by atoms with Crippen molar-refractivity contribution in [2.45, 2.75) is 11.4 Å². The third-order valence-electron chi connectivity index (χ3n) is 4.50. The van der Waals surface area contributed by atoms with Crippen molar-refractivity contribution in [1.29, 1.82) is 0 Å². The highest BCUT2D eigenvalue weighted by molar-refractivity contribution is 7.89. The van der Waals surface area contributed by atoms with E-state index in [1.54, 1.807) is 24.3 Å². The molecule has 32 heavy (non-hydrogen) atoms. The first-order valence-corrected chi connectivity index (χ1v) is 11.0. The van der Waals surface area contributed by atoms with Crippen LogP contribution in [-0.4, -0.2) is 33.9 Å². The summed E-state index contributed by atoms with van der Waals surface area (Å²) in [6, 6.07) is 17.9. The van der Waals surface area contributed by atoms with Crippen molar-refractivity contribution in [3.8, 4) is 5.75 Å². The van der Waals surface area contributed by atoms with Crippen molar-refractivity contribution in [2.75, 3.05) is 13.7 Å². The standard InChI is InChI=1S/C23H20FNO6S/c1-30-22-11-10-17(13-20(22)24)21(26)15-31-23(27)18-8-5-9-19(12-18)32(28,29)25-14-16-6-3-2-4-7-16/h2-13,25H,14-15H2,1H3. The lowest BCUT2D eigenvalue weighted by molar-refractivity contribution is 0.0474. The van der Waals surface area contributed by atoms with Crippen molar-refractivity contribution in [3.63, 3.8) is 0 Å². The number of esters is 1. The number of ketones is 1. The summed E-state index contributed by atoms with van der Waals surface area (Å²) in [6.45, 7) is -0.543. The number of carbonyl (C=O) groups is 2. The molecule has 3 aromatic rings. The van der Waals surface area contributed by atoms with Gasteiger partial charge in [0.25, 0.3) is 0 Å². The predicted octanol–water partition coefficient (Wildman–Crippen LogP) is 3.35. The van der Waals surface area contributed by atoms with Gasteiger partial charge in [-0.3, -0.25) is 4.79 Å². The molecular weight excluding hydrogens is 437 g/mol. The molecule has 0 saturated heterocycles. The van der Waals surface area contributed by atoms with Gasteiger partial charge in [0.15, 0.2) is 24.0 Å². The molecule has 0 saturated carbocycles. The number of halogens is 1. The number of methoxy groups -OCH3 is 1. The normalized spacial score (nSPS) is 11.1. The molecule has 0 fully saturated rings. The minimum Gasteiger partial charge on any atom is -0.494 e. The summed E-state index contributed by atoms with van der Waals surface area (Å²) in [4.78, 5) is 24.4. The second kappa shape index (κ2) is 10.2. The zero-order valence-electron chi connectivity index (χ0n) is 17.1. The number of hydrogen-bond acceptors (Lipinski definition) is 6. The second-order valence-corrected chi connectivity index (χ2v) is 8.45. The molecule has 3 rings (SSSR count). The number of nitrogens with one attached hydrogen (secondary N) is 1. The summed E-state index contributed by atoms with van der Waals surface area (Å²) in [7, 11) is -2.58. The van der Waals surface area contributed by atoms with Gasteiger partial charge in [-0.1, -0.05) is 36.4 Å². The number of sulfonamides is 1. The maximum atomic E-state index is 13.8. The van der Waals surface area contributed by atoms with Crippen LogP contribution in [0, 0.1) is 5.82 Å². The van der Waals surface area contributed by atoms with Gasteiger partial charge < -0.3 is 9.47 Å². The lowest BCUT2D eigenvalue weighted by Crippen LogP contribution is -2.23. The van der Waals surface area contributed by atoms with Gasteiger partial charge in [-0.15, -0.1) is 0 Å². The van der Waals surface area contributed by atoms with E-state index in [2.05, 4.69) is 4.72 Å². The molecule has 7 nitrogen and oxygen atoms in total. The number of hydrogen-bond donors (Lipinski definition) is 1. The lowest BCUT2D eigenvalue weighted by Gasteiger charge is -2.09. The van der Waals surface area contributed by atoms with E-state index < -0.39 is 34.2 Å². The molecule has 0 aliphatic rings. The van der Waals surface area contributed by atoms with E-state index in [0.717, 1.165) is 17.7 Å². The van der Waals surface area contributed by atoms with E-state index in [4.69, 9.17) is 9.47 Å². The molecule has 0 aliphatic heterocycles. The minimum absolute atomic E-state index is 0.0116. The van der Waals surface area contributed by atoms with Crippen molar-refractivity contribution in [3.05, 3.63) is 95.3 Å². The number of carbonyl (C=O) groups excluding carboxylic acids is 2. The Kier molecular flexibility index (Phi) is 7.34. The average molecular weight is 457 g/mol. The number of Topliss-reactive ketones (excluding diaryl/α,β-unsaturated/α-hetero) is 1. The van der Waals surface area contributed by atoms with Crippen LogP contribution in [0.25, 0.3) is 0 Å². The molecular formula is C23H20FNO6S. The maximum Gasteiger partial charge on any atom is 0.338 e. The van der Waals surface area contributed by atoms with Crippen LogP contribution in [0.2, 0.25) is 0 Å². The molecule has 0 bridgehead atoms. The molecule has 0 spiro atoms. The van der Waals surface area contributed by atoms with Crippen molar-refractivity contribution >= 4 is 21.8 Å². The first-order chi connectivity index (χ1) is 15.3. The first kappa shape index (κ1) is 23.1. The molecule has 0 amide bonds. The van der Waals surface area contributed by atoms with Crippen molar-refractivity contribution < 1.29 is 31.9 Å². The summed E-state index contributed by atoms with van der Waals surface area (Å²) >= 11 is 0. The maximum absolute atomic E-state index is 13.8. The molecule has 0 atom stereocenters. The fraction of sp³-hybridized carbons (Fsp3) is 0.130. The molecule has 0 aromatic heterocycles. The molecule has 9 heteroatoms. The third-order valence-corrected chi connectivity index (χ3v) is 5.90. The van der Waals surface area contributed by atoms with Crippen molar-refractivity contribution in [2.24, 2.45) is 0 Å². The van der Waals surface area contributed by atoms with Crippen LogP contribution in [0.1, 0.15) is 26.3 Å². The second-order valence-electron chi connectivity index (χ2n) is 6.69. The smallest absolute Gasteiger partial charge is 0.338 e. The van der Waals surface area contributed by atoms with Gasteiger partial charge in [-0.05, 0) is 42.0 Å². The predicted molar refractivity (Wildman–Crippen MR) is 114 cm³/mol. The average Bonchev–Trinajstić information content (AvgIpc) is 2.81. The topological polar surface area (TPSA) is 98.8 Å². The van der Waals surface area contributed by atoms with Gasteiger partial charge in [0.2, 0.25) is 10.0 Å². The molecule has 166 valence electrons. The molecule has 0 radical (unpaired) electrons. The largest absolute Gasteiger partial charge is 0.494 e. The SMILES string of the molecule is COc1ccc(C(=O)COC(=O)c2cccc(S(=O)(=O)NCc3ccccc3)c2)cc1F. The Morgan fingerprint density at radius 2 is 1.69 bits per heavy atom. The van der Waals surface area contributed by atoms with Gasteiger partial charge in [0, 0.05) is 12.1 Å². The zero-order valence-corrected chi connectivity index (χ0v) is 17.9. The van der Waals surface area contributed by atoms with Crippen LogP contribution < -0.4 is 9.46 Å². The van der Waals surface area contributed by atoms with Crippen LogP contribution in [0.5, 0.6) is 5.75 Å². The molecule has 3 aromatic carbocycles. The highest BCUT2D eigenvalue weighted by Crippen LogP contribution is 2.18. The highest BCUT2D eigenvalue weighted by Gasteiger charge is 2.18. The van der Waals surface area contributed by atoms with Crippen LogP contribution in [0.4, 0.5) is 4.39 Å². The van der Waals surface area contributed by atoms with E-state index in [1.807, 2.05) is 6.07 Å². The van der Waals surface area contributed by atoms with E-state index in [0.29, 0.717) is 0 Å². The van der Waals surface area contributed by atoms with Crippen molar-refractivity contribution in [1.82, 2.24) is 4.72 Å². The van der Waals surface area contributed by atoms with E-state index in [1.165, 1.54) is 37.4 Å². The third kappa shape index (κ3) is 5.77. The van der Waals surface area contributed by atoms with Gasteiger partial charge >= 0.3 is 5.97 Å². The van der Waals surface area contributed by atoms with Crippen LogP contribution in [-0.2, 0) is 21.3 Å². The Bertz CT molecular complexity index is 1230. The highest BCUT2D eigenvalue weighted by atomic mass is 32.2. The van der Waals surface area contributed by atoms with Crippen LogP contribution >= 0.6 is 0 Å². The summed E-state index contributed by atoms with van der Waals surface area (Å²) in [5.41, 5.74) is 0.749. The Balaban J connectivity index is 1.64. The number of ether oxygens (including phenoxy) is 2. The molecule has 1 N–H and O–H groups in total. The van der Waals surface area contributed by atoms with E-state index in [9.17, 15) is 22.4 Å².